The van der Waals surface area contributed by atoms with Gasteiger partial charge < -0.3 is 25.8 Å². The molecule has 4 N–H and O–H groups in total. The van der Waals surface area contributed by atoms with Crippen LogP contribution in [0.25, 0.3) is 0 Å². The van der Waals surface area contributed by atoms with Crippen molar-refractivity contribution >= 4 is 41.2 Å². The number of benzene rings is 1. The van der Waals surface area contributed by atoms with E-state index in [0.717, 1.165) is 6.42 Å². The Balaban J connectivity index is 1.47. The van der Waals surface area contributed by atoms with Crippen LogP contribution in [0.2, 0.25) is 0 Å². The Morgan fingerprint density at radius 3 is 2.66 bits per heavy atom. The molecule has 1 aromatic carbocycles. The molecule has 0 bridgehead atoms. The predicted molar refractivity (Wildman–Crippen MR) is 121 cm³/mol. The summed E-state index contributed by atoms with van der Waals surface area (Å²) in [7, 11) is 0. The molecular weight excluding hydrogens is 432 g/mol. The van der Waals surface area contributed by atoms with Gasteiger partial charge in [0.2, 0.25) is 17.7 Å². The molecule has 0 radical (unpaired) electrons. The molecule has 4 rings (SSSR count). The first-order valence-electron chi connectivity index (χ1n) is 10.8. The molecule has 3 aliphatic heterocycles. The molecule has 0 saturated carbocycles. The maximum absolute atomic E-state index is 13.2. The summed E-state index contributed by atoms with van der Waals surface area (Å²) in [6.07, 6.45) is 1.33. The van der Waals surface area contributed by atoms with Crippen LogP contribution in [-0.2, 0) is 14.4 Å². The zero-order valence-corrected chi connectivity index (χ0v) is 18.5. The Morgan fingerprint density at radius 1 is 1.12 bits per heavy atom. The highest BCUT2D eigenvalue weighted by Crippen LogP contribution is 2.18. The van der Waals surface area contributed by atoms with Crippen molar-refractivity contribution in [2.45, 2.75) is 31.0 Å². The number of nitrogens with zero attached hydrogens (tertiary/aromatic N) is 2. The number of amides is 5. The average molecular weight is 461 g/mol. The number of hydrogen-bond donors (Lipinski definition) is 4. The molecule has 172 valence electrons. The largest absolute Gasteiger partial charge is 0.354 e. The smallest absolute Gasteiger partial charge is 0.321 e. The second-order valence-electron chi connectivity index (χ2n) is 8.06. The van der Waals surface area contributed by atoms with Crippen LogP contribution < -0.4 is 21.3 Å². The van der Waals surface area contributed by atoms with Crippen LogP contribution in [0.15, 0.2) is 30.3 Å². The van der Waals surface area contributed by atoms with E-state index in [2.05, 4.69) is 21.3 Å². The molecule has 0 spiro atoms. The van der Waals surface area contributed by atoms with Gasteiger partial charge in [-0.3, -0.25) is 19.7 Å². The summed E-state index contributed by atoms with van der Waals surface area (Å²) in [5.74, 6) is 0.558. The summed E-state index contributed by atoms with van der Waals surface area (Å²) in [5.41, 5.74) is 0.656. The molecule has 11 heteroatoms. The number of rotatable bonds is 4. The number of urea groups is 1. The summed E-state index contributed by atoms with van der Waals surface area (Å²) in [5, 5.41) is 11.5. The van der Waals surface area contributed by atoms with E-state index in [4.69, 9.17) is 0 Å². The topological polar surface area (TPSA) is 123 Å². The van der Waals surface area contributed by atoms with Gasteiger partial charge in [-0.05, 0) is 25.0 Å². The van der Waals surface area contributed by atoms with Crippen molar-refractivity contribution in [2.75, 3.05) is 43.1 Å². The van der Waals surface area contributed by atoms with Crippen LogP contribution in [0.1, 0.15) is 12.8 Å². The lowest BCUT2D eigenvalue weighted by Gasteiger charge is -2.41. The standard InChI is InChI=1S/C21H28N6O4S/c28-18-15(7-4-8-22-18)25-19(29)17-11-26(21(31)24-14-5-2-1-3-6-14)9-10-27(17)20(30)16-12-32-13-23-16/h1-3,5-6,15-17,23H,4,7-13H2,(H,22,28)(H,24,31)(H,25,29)/t15-,16-,17+/m0/s1. The Bertz CT molecular complexity index is 863. The van der Waals surface area contributed by atoms with Crippen molar-refractivity contribution in [3.05, 3.63) is 30.3 Å². The second kappa shape index (κ2) is 10.2. The van der Waals surface area contributed by atoms with E-state index < -0.39 is 18.0 Å². The molecule has 0 unspecified atom stereocenters. The van der Waals surface area contributed by atoms with Crippen molar-refractivity contribution < 1.29 is 19.2 Å². The van der Waals surface area contributed by atoms with Crippen molar-refractivity contribution in [2.24, 2.45) is 0 Å². The Labute approximate surface area is 190 Å². The summed E-state index contributed by atoms with van der Waals surface area (Å²) in [6, 6.07) is 6.91. The number of thioether (sulfide) groups is 1. The van der Waals surface area contributed by atoms with Gasteiger partial charge in [-0.1, -0.05) is 18.2 Å². The fraction of sp³-hybridized carbons (Fsp3) is 0.524. The first kappa shape index (κ1) is 22.4. The van der Waals surface area contributed by atoms with Crippen LogP contribution in [-0.4, -0.2) is 89.5 Å². The number of nitrogens with one attached hydrogen (secondary N) is 4. The molecule has 0 aliphatic carbocycles. The highest BCUT2D eigenvalue weighted by molar-refractivity contribution is 7.99. The minimum atomic E-state index is -0.861. The van der Waals surface area contributed by atoms with Gasteiger partial charge in [0.05, 0.1) is 12.6 Å². The monoisotopic (exact) mass is 460 g/mol. The number of carbonyl (C=O) groups excluding carboxylic acids is 4. The quantitative estimate of drug-likeness (QED) is 0.493. The minimum Gasteiger partial charge on any atom is -0.354 e. The molecule has 3 fully saturated rings. The van der Waals surface area contributed by atoms with Gasteiger partial charge in [-0.15, -0.1) is 11.8 Å². The number of hydrogen-bond acceptors (Lipinski definition) is 6. The number of carbonyl (C=O) groups is 4. The zero-order valence-electron chi connectivity index (χ0n) is 17.7. The lowest BCUT2D eigenvalue weighted by atomic mass is 10.0. The van der Waals surface area contributed by atoms with Gasteiger partial charge in [0, 0.05) is 37.0 Å². The van der Waals surface area contributed by atoms with Gasteiger partial charge >= 0.3 is 6.03 Å². The number of piperazine rings is 1. The summed E-state index contributed by atoms with van der Waals surface area (Å²) in [6.45, 7) is 1.22. The lowest BCUT2D eigenvalue weighted by Crippen LogP contribution is -2.65. The van der Waals surface area contributed by atoms with Crippen molar-refractivity contribution in [1.29, 1.82) is 0 Å². The molecule has 3 saturated heterocycles. The molecule has 5 amide bonds. The molecule has 0 aromatic heterocycles. The summed E-state index contributed by atoms with van der Waals surface area (Å²) in [4.78, 5) is 54.3. The molecule has 3 atom stereocenters. The molecule has 3 aliphatic rings. The van der Waals surface area contributed by atoms with Crippen molar-refractivity contribution in [3.8, 4) is 0 Å². The van der Waals surface area contributed by atoms with Gasteiger partial charge in [0.1, 0.15) is 12.1 Å². The molecule has 10 nitrogen and oxygen atoms in total. The first-order valence-corrected chi connectivity index (χ1v) is 12.0. The third-order valence-corrected chi connectivity index (χ3v) is 6.83. The maximum Gasteiger partial charge on any atom is 0.321 e. The van der Waals surface area contributed by atoms with Crippen molar-refractivity contribution in [3.63, 3.8) is 0 Å². The van der Waals surface area contributed by atoms with E-state index in [1.54, 1.807) is 33.7 Å². The van der Waals surface area contributed by atoms with Crippen LogP contribution in [0.4, 0.5) is 10.5 Å². The fourth-order valence-corrected chi connectivity index (χ4v) is 5.04. The third-order valence-electron chi connectivity index (χ3n) is 5.89. The first-order chi connectivity index (χ1) is 15.5. The predicted octanol–water partition coefficient (Wildman–Crippen LogP) is -0.211. The van der Waals surface area contributed by atoms with Gasteiger partial charge in [-0.25, -0.2) is 4.79 Å². The van der Waals surface area contributed by atoms with E-state index in [1.165, 1.54) is 0 Å². The average Bonchev–Trinajstić information content (AvgIpc) is 3.35. The molecular formula is C21H28N6O4S. The van der Waals surface area contributed by atoms with Crippen LogP contribution in [0, 0.1) is 0 Å². The molecule has 3 heterocycles. The lowest BCUT2D eigenvalue weighted by molar-refractivity contribution is -0.145. The number of piperidine rings is 1. The van der Waals surface area contributed by atoms with E-state index in [9.17, 15) is 19.2 Å². The highest BCUT2D eigenvalue weighted by atomic mass is 32.2. The van der Waals surface area contributed by atoms with E-state index in [0.29, 0.717) is 36.8 Å². The van der Waals surface area contributed by atoms with Gasteiger partial charge in [0.25, 0.3) is 0 Å². The number of para-hydroxylation sites is 1. The molecule has 1 aromatic rings. The van der Waals surface area contributed by atoms with Crippen LogP contribution >= 0.6 is 11.8 Å². The van der Waals surface area contributed by atoms with Gasteiger partial charge in [0.15, 0.2) is 0 Å². The van der Waals surface area contributed by atoms with E-state index in [1.807, 2.05) is 18.2 Å². The maximum atomic E-state index is 13.2. The van der Waals surface area contributed by atoms with Crippen LogP contribution in [0.3, 0.4) is 0 Å². The third kappa shape index (κ3) is 5.16. The summed E-state index contributed by atoms with van der Waals surface area (Å²) >= 11 is 1.63. The zero-order chi connectivity index (χ0) is 22.5. The Kier molecular flexibility index (Phi) is 7.15. The minimum absolute atomic E-state index is 0.0600. The van der Waals surface area contributed by atoms with Crippen molar-refractivity contribution in [1.82, 2.24) is 25.8 Å². The van der Waals surface area contributed by atoms with Gasteiger partial charge in [-0.2, -0.15) is 0 Å². The fourth-order valence-electron chi connectivity index (χ4n) is 4.11. The second-order valence-corrected chi connectivity index (χ2v) is 9.09. The summed E-state index contributed by atoms with van der Waals surface area (Å²) < 4.78 is 0. The normalized spacial score (nSPS) is 25.8. The molecule has 32 heavy (non-hydrogen) atoms. The Morgan fingerprint density at radius 2 is 1.94 bits per heavy atom. The number of anilines is 1. The SMILES string of the molecule is O=C1NCCC[C@@H]1NC(=O)[C@H]1CN(C(=O)Nc2ccccc2)CCN1C(=O)[C@@H]1CSCN1. The Hall–Kier alpha value is -2.79. The van der Waals surface area contributed by atoms with Crippen LogP contribution in [0.5, 0.6) is 0 Å². The van der Waals surface area contributed by atoms with E-state index >= 15 is 0 Å². The van der Waals surface area contributed by atoms with E-state index in [-0.39, 0.29) is 37.0 Å². The highest BCUT2D eigenvalue weighted by Gasteiger charge is 2.41.